The summed E-state index contributed by atoms with van der Waals surface area (Å²) < 4.78 is 5.35. The molecule has 116 valence electrons. The Balaban J connectivity index is 1.82. The van der Waals surface area contributed by atoms with Crippen molar-refractivity contribution in [2.75, 3.05) is 26.3 Å². The van der Waals surface area contributed by atoms with Gasteiger partial charge in [0.25, 0.3) is 0 Å². The summed E-state index contributed by atoms with van der Waals surface area (Å²) in [5, 5.41) is 2.85. The zero-order valence-electron chi connectivity index (χ0n) is 12.9. The molecule has 0 unspecified atom stereocenters. The number of carbonyl (C=O) groups excluding carboxylic acids is 1. The number of ether oxygens (including phenoxy) is 1. The van der Waals surface area contributed by atoms with E-state index in [1.807, 2.05) is 0 Å². The van der Waals surface area contributed by atoms with Crippen LogP contribution in [0, 0.1) is 0 Å². The topological polar surface area (TPSA) is 67.6 Å². The lowest BCUT2D eigenvalue weighted by Crippen LogP contribution is -2.48. The highest BCUT2D eigenvalue weighted by molar-refractivity contribution is 5.84. The number of nitrogens with two attached hydrogens (primary N) is 1. The smallest absolute Gasteiger partial charge is 0.239 e. The van der Waals surface area contributed by atoms with Crippen molar-refractivity contribution in [1.82, 2.24) is 10.2 Å². The minimum absolute atomic E-state index is 0.139. The fourth-order valence-corrected chi connectivity index (χ4v) is 2.19. The predicted molar refractivity (Wildman–Crippen MR) is 82.7 cm³/mol. The van der Waals surface area contributed by atoms with E-state index in [1.54, 1.807) is 13.8 Å². The summed E-state index contributed by atoms with van der Waals surface area (Å²) in [6.45, 7) is 8.48. The number of hydrogen-bond donors (Lipinski definition) is 2. The van der Waals surface area contributed by atoms with Crippen molar-refractivity contribution in [3.05, 3.63) is 35.4 Å². The first-order valence-electron chi connectivity index (χ1n) is 7.40. The van der Waals surface area contributed by atoms with Crippen molar-refractivity contribution in [1.29, 1.82) is 0 Å². The van der Waals surface area contributed by atoms with Gasteiger partial charge in [0, 0.05) is 26.2 Å². The van der Waals surface area contributed by atoms with Gasteiger partial charge in [0.15, 0.2) is 0 Å². The Labute approximate surface area is 126 Å². The largest absolute Gasteiger partial charge is 0.379 e. The average molecular weight is 291 g/mol. The molecule has 0 saturated carbocycles. The van der Waals surface area contributed by atoms with Crippen LogP contribution in [-0.4, -0.2) is 42.6 Å². The lowest BCUT2D eigenvalue weighted by atomic mass is 10.1. The Morgan fingerprint density at radius 2 is 1.81 bits per heavy atom. The molecule has 5 nitrogen and oxygen atoms in total. The number of amides is 1. The van der Waals surface area contributed by atoms with Crippen LogP contribution in [0.25, 0.3) is 0 Å². The molecule has 0 aromatic heterocycles. The van der Waals surface area contributed by atoms with Crippen LogP contribution in [0.1, 0.15) is 25.0 Å². The van der Waals surface area contributed by atoms with Gasteiger partial charge in [-0.15, -0.1) is 0 Å². The zero-order valence-corrected chi connectivity index (χ0v) is 12.9. The molecule has 1 aromatic carbocycles. The van der Waals surface area contributed by atoms with E-state index in [0.717, 1.165) is 38.4 Å². The van der Waals surface area contributed by atoms with Gasteiger partial charge in [0.2, 0.25) is 5.91 Å². The summed E-state index contributed by atoms with van der Waals surface area (Å²) in [4.78, 5) is 14.1. The zero-order chi connectivity index (χ0) is 15.3. The minimum atomic E-state index is -0.837. The number of nitrogens with one attached hydrogen (secondary N) is 1. The average Bonchev–Trinajstić information content (AvgIpc) is 2.46. The van der Waals surface area contributed by atoms with E-state index in [1.165, 1.54) is 5.56 Å². The van der Waals surface area contributed by atoms with E-state index < -0.39 is 5.54 Å². The Hall–Kier alpha value is -1.43. The fourth-order valence-electron chi connectivity index (χ4n) is 2.19. The van der Waals surface area contributed by atoms with Crippen molar-refractivity contribution >= 4 is 5.91 Å². The number of carbonyl (C=O) groups is 1. The highest BCUT2D eigenvalue weighted by Crippen LogP contribution is 2.09. The van der Waals surface area contributed by atoms with Gasteiger partial charge in [0.1, 0.15) is 0 Å². The number of morpholine rings is 1. The SMILES string of the molecule is CC(C)(N)C(=O)NCc1ccc(CN2CCOCC2)cc1. The quantitative estimate of drug-likeness (QED) is 0.845. The fraction of sp³-hybridized carbons (Fsp3) is 0.562. The summed E-state index contributed by atoms with van der Waals surface area (Å²) in [7, 11) is 0. The molecule has 0 atom stereocenters. The van der Waals surface area contributed by atoms with Crippen LogP contribution in [-0.2, 0) is 22.6 Å². The second-order valence-corrected chi connectivity index (χ2v) is 6.11. The molecule has 1 heterocycles. The number of nitrogens with zero attached hydrogens (tertiary/aromatic N) is 1. The maximum absolute atomic E-state index is 11.7. The van der Waals surface area contributed by atoms with Crippen LogP contribution >= 0.6 is 0 Å². The third kappa shape index (κ3) is 5.12. The molecule has 5 heteroatoms. The maximum Gasteiger partial charge on any atom is 0.239 e. The Kier molecular flexibility index (Phi) is 5.33. The second-order valence-electron chi connectivity index (χ2n) is 6.11. The van der Waals surface area contributed by atoms with Gasteiger partial charge >= 0.3 is 0 Å². The molecule has 0 bridgehead atoms. The first kappa shape index (κ1) is 15.9. The summed E-state index contributed by atoms with van der Waals surface area (Å²) in [5.41, 5.74) is 7.27. The normalized spacial score (nSPS) is 16.7. The lowest BCUT2D eigenvalue weighted by molar-refractivity contribution is -0.125. The number of hydrogen-bond acceptors (Lipinski definition) is 4. The molecular formula is C16H25N3O2. The molecule has 0 spiro atoms. The minimum Gasteiger partial charge on any atom is -0.379 e. The first-order valence-corrected chi connectivity index (χ1v) is 7.40. The van der Waals surface area contributed by atoms with Gasteiger partial charge in [-0.05, 0) is 25.0 Å². The molecule has 0 aliphatic carbocycles. The molecule has 1 fully saturated rings. The van der Waals surface area contributed by atoms with E-state index in [0.29, 0.717) is 6.54 Å². The Bertz CT molecular complexity index is 459. The summed E-state index contributed by atoms with van der Waals surface area (Å²) in [6, 6.07) is 8.34. The second kappa shape index (κ2) is 7.02. The molecule has 1 amide bonds. The third-order valence-electron chi connectivity index (χ3n) is 3.57. The van der Waals surface area contributed by atoms with Crippen LogP contribution in [0.5, 0.6) is 0 Å². The Morgan fingerprint density at radius 3 is 2.38 bits per heavy atom. The van der Waals surface area contributed by atoms with Gasteiger partial charge < -0.3 is 15.8 Å². The molecule has 3 N–H and O–H groups in total. The van der Waals surface area contributed by atoms with Crippen molar-refractivity contribution < 1.29 is 9.53 Å². The van der Waals surface area contributed by atoms with Crippen LogP contribution in [0.15, 0.2) is 24.3 Å². The van der Waals surface area contributed by atoms with Gasteiger partial charge in [-0.2, -0.15) is 0 Å². The standard InChI is InChI=1S/C16H25N3O2/c1-16(2,17)15(20)18-11-13-3-5-14(6-4-13)12-19-7-9-21-10-8-19/h3-6H,7-12,17H2,1-2H3,(H,18,20). The van der Waals surface area contributed by atoms with Crippen molar-refractivity contribution in [3.63, 3.8) is 0 Å². The van der Waals surface area contributed by atoms with Crippen molar-refractivity contribution in [2.24, 2.45) is 5.73 Å². The van der Waals surface area contributed by atoms with E-state index >= 15 is 0 Å². The predicted octanol–water partition coefficient (Wildman–Crippen LogP) is 0.872. The van der Waals surface area contributed by atoms with Gasteiger partial charge in [0.05, 0.1) is 18.8 Å². The van der Waals surface area contributed by atoms with Crippen LogP contribution in [0.2, 0.25) is 0 Å². The maximum atomic E-state index is 11.7. The van der Waals surface area contributed by atoms with E-state index in [9.17, 15) is 4.79 Å². The molecule has 21 heavy (non-hydrogen) atoms. The monoisotopic (exact) mass is 291 g/mol. The number of rotatable bonds is 5. The molecule has 1 saturated heterocycles. The van der Waals surface area contributed by atoms with E-state index in [2.05, 4.69) is 34.5 Å². The van der Waals surface area contributed by atoms with Gasteiger partial charge in [-0.25, -0.2) is 0 Å². The van der Waals surface area contributed by atoms with Crippen LogP contribution in [0.3, 0.4) is 0 Å². The Morgan fingerprint density at radius 1 is 1.24 bits per heavy atom. The molecule has 0 radical (unpaired) electrons. The van der Waals surface area contributed by atoms with Crippen molar-refractivity contribution in [3.8, 4) is 0 Å². The van der Waals surface area contributed by atoms with Gasteiger partial charge in [-0.1, -0.05) is 24.3 Å². The molecule has 1 aromatic rings. The summed E-state index contributed by atoms with van der Waals surface area (Å²) in [6.07, 6.45) is 0. The molecule has 1 aliphatic rings. The third-order valence-corrected chi connectivity index (χ3v) is 3.57. The van der Waals surface area contributed by atoms with E-state index in [-0.39, 0.29) is 5.91 Å². The molecule has 1 aliphatic heterocycles. The summed E-state index contributed by atoms with van der Waals surface area (Å²) >= 11 is 0. The van der Waals surface area contributed by atoms with Crippen LogP contribution < -0.4 is 11.1 Å². The molecular weight excluding hydrogens is 266 g/mol. The first-order chi connectivity index (χ1) is 9.95. The molecule has 2 rings (SSSR count). The van der Waals surface area contributed by atoms with Crippen molar-refractivity contribution in [2.45, 2.75) is 32.5 Å². The van der Waals surface area contributed by atoms with Crippen LogP contribution in [0.4, 0.5) is 0 Å². The van der Waals surface area contributed by atoms with E-state index in [4.69, 9.17) is 10.5 Å². The number of benzene rings is 1. The highest BCUT2D eigenvalue weighted by atomic mass is 16.5. The van der Waals surface area contributed by atoms with Gasteiger partial charge in [-0.3, -0.25) is 9.69 Å². The highest BCUT2D eigenvalue weighted by Gasteiger charge is 2.21. The summed E-state index contributed by atoms with van der Waals surface area (Å²) in [5.74, 6) is -0.139. The lowest BCUT2D eigenvalue weighted by Gasteiger charge is -2.26.